The summed E-state index contributed by atoms with van der Waals surface area (Å²) in [6.45, 7) is 5.24. The summed E-state index contributed by atoms with van der Waals surface area (Å²) in [4.78, 5) is 79.0. The quantitative estimate of drug-likeness (QED) is 0.140. The van der Waals surface area contributed by atoms with Crippen LogP contribution in [0, 0.1) is 0 Å². The van der Waals surface area contributed by atoms with Gasteiger partial charge in [0.1, 0.15) is 17.6 Å². The predicted octanol–water partition coefficient (Wildman–Crippen LogP) is 3.23. The summed E-state index contributed by atoms with van der Waals surface area (Å²) in [5, 5.41) is 2.69. The maximum absolute atomic E-state index is 14.0. The summed E-state index contributed by atoms with van der Waals surface area (Å²) in [5.41, 5.74) is 0.623. The number of carbonyl (C=O) groups is 5. The highest BCUT2D eigenvalue weighted by Crippen LogP contribution is 2.29. The largest absolute Gasteiger partial charge is 0.450 e. The van der Waals surface area contributed by atoms with Gasteiger partial charge < -0.3 is 39.0 Å². The first-order chi connectivity index (χ1) is 25.5. The number of nitrogens with one attached hydrogen (secondary N) is 1. The topological polar surface area (TPSA) is 196 Å². The van der Waals surface area contributed by atoms with Crippen molar-refractivity contribution in [3.05, 3.63) is 42.1 Å². The van der Waals surface area contributed by atoms with Crippen LogP contribution in [-0.4, -0.2) is 127 Å². The lowest BCUT2D eigenvalue weighted by Crippen LogP contribution is -2.56. The number of hydrogen-bond donors (Lipinski definition) is 1. The fourth-order valence-corrected chi connectivity index (χ4v) is 6.69. The third-order valence-electron chi connectivity index (χ3n) is 8.46. The lowest BCUT2D eigenvalue weighted by molar-refractivity contribution is -0.234. The fraction of sp³-hybridized carbons (Fsp3) is 0.571. The molecule has 3 heterocycles. The van der Waals surface area contributed by atoms with E-state index >= 15 is 0 Å². The van der Waals surface area contributed by atoms with Crippen LogP contribution in [-0.2, 0) is 42.4 Å². The Morgan fingerprint density at radius 1 is 0.906 bits per heavy atom. The molecule has 17 nitrogen and oxygen atoms in total. The number of ether oxygens (including phenoxy) is 4. The highest BCUT2D eigenvalue weighted by Gasteiger charge is 2.34. The summed E-state index contributed by atoms with van der Waals surface area (Å²) in [6, 6.07) is 9.22. The number of aromatic nitrogens is 2. The minimum Gasteiger partial charge on any atom is -0.450 e. The highest BCUT2D eigenvalue weighted by molar-refractivity contribution is 7.39. The number of carbonyl (C=O) groups excluding carboxylic acids is 5. The van der Waals surface area contributed by atoms with Gasteiger partial charge in [0.05, 0.1) is 18.9 Å². The van der Waals surface area contributed by atoms with Crippen LogP contribution in [0.4, 0.5) is 10.6 Å². The van der Waals surface area contributed by atoms with E-state index in [-0.39, 0.29) is 63.2 Å². The molecule has 290 valence electrons. The van der Waals surface area contributed by atoms with Crippen LogP contribution in [0.25, 0.3) is 11.4 Å². The number of rotatable bonds is 17. The van der Waals surface area contributed by atoms with E-state index in [9.17, 15) is 28.5 Å². The molecule has 2 fully saturated rings. The average Bonchev–Trinajstić information content (AvgIpc) is 3.64. The van der Waals surface area contributed by atoms with Crippen LogP contribution in [0.3, 0.4) is 0 Å². The molecule has 53 heavy (non-hydrogen) atoms. The van der Waals surface area contributed by atoms with Crippen LogP contribution < -0.4 is 10.2 Å². The van der Waals surface area contributed by atoms with E-state index in [4.69, 9.17) is 28.5 Å². The molecule has 0 bridgehead atoms. The van der Waals surface area contributed by atoms with Crippen LogP contribution in [0.1, 0.15) is 63.4 Å². The van der Waals surface area contributed by atoms with Gasteiger partial charge in [0, 0.05) is 70.8 Å². The van der Waals surface area contributed by atoms with Crippen molar-refractivity contribution in [1.82, 2.24) is 25.1 Å². The van der Waals surface area contributed by atoms with E-state index in [2.05, 4.69) is 10.3 Å². The van der Waals surface area contributed by atoms with Crippen molar-refractivity contribution in [2.75, 3.05) is 64.0 Å². The summed E-state index contributed by atoms with van der Waals surface area (Å²) < 4.78 is 39.8. The molecule has 0 aliphatic carbocycles. The molecule has 18 heteroatoms. The normalized spacial score (nSPS) is 16.9. The Morgan fingerprint density at radius 2 is 1.55 bits per heavy atom. The number of benzene rings is 1. The van der Waals surface area contributed by atoms with Crippen molar-refractivity contribution in [2.24, 2.45) is 0 Å². The third-order valence-corrected chi connectivity index (χ3v) is 9.66. The molecule has 1 N–H and O–H groups in total. The molecule has 1 aromatic carbocycles. The molecule has 2 aliphatic heterocycles. The summed E-state index contributed by atoms with van der Waals surface area (Å²) in [7, 11) is -1.70. The highest BCUT2D eigenvalue weighted by atomic mass is 31.1. The Morgan fingerprint density at radius 3 is 2.13 bits per heavy atom. The van der Waals surface area contributed by atoms with Crippen LogP contribution in [0.5, 0.6) is 0 Å². The van der Waals surface area contributed by atoms with Crippen molar-refractivity contribution in [3.8, 4) is 11.4 Å². The molecule has 2 aromatic rings. The molecular formula is C35H49N6O11P. The monoisotopic (exact) mass is 760 g/mol. The lowest BCUT2D eigenvalue weighted by Gasteiger charge is -2.36. The number of methoxy groups -OCH3 is 1. The number of piperazine rings is 1. The molecule has 3 unspecified atom stereocenters. The molecule has 3 atom stereocenters. The van der Waals surface area contributed by atoms with Gasteiger partial charge in [0.15, 0.2) is 5.82 Å². The first kappa shape index (κ1) is 41.2. The van der Waals surface area contributed by atoms with E-state index < -0.39 is 56.6 Å². The lowest BCUT2D eigenvalue weighted by atomic mass is 10.2. The number of esters is 2. The van der Waals surface area contributed by atoms with Gasteiger partial charge in [0.2, 0.25) is 13.9 Å². The van der Waals surface area contributed by atoms with Gasteiger partial charge in [-0.15, -0.1) is 0 Å². The first-order valence-corrected chi connectivity index (χ1v) is 19.4. The summed E-state index contributed by atoms with van der Waals surface area (Å²) >= 11 is 0. The van der Waals surface area contributed by atoms with Crippen molar-refractivity contribution >= 4 is 43.7 Å². The first-order valence-electron chi connectivity index (χ1n) is 17.9. The molecule has 0 saturated carbocycles. The van der Waals surface area contributed by atoms with Crippen LogP contribution in [0.15, 0.2) is 36.4 Å². The Balaban J connectivity index is 1.60. The van der Waals surface area contributed by atoms with E-state index in [0.717, 1.165) is 6.42 Å². The van der Waals surface area contributed by atoms with Gasteiger partial charge in [-0.2, -0.15) is 0 Å². The molecule has 3 amide bonds. The second kappa shape index (κ2) is 20.6. The predicted molar refractivity (Wildman–Crippen MR) is 192 cm³/mol. The Hall–Kier alpha value is -4.60. The van der Waals surface area contributed by atoms with Crippen LogP contribution >= 0.6 is 8.03 Å². The molecule has 0 spiro atoms. The Kier molecular flexibility index (Phi) is 16.0. The molecule has 1 aromatic heterocycles. The molecule has 2 aliphatic rings. The standard InChI is InChI=1S/C35H49N6O11P/c1-5-11-29(42)50-35(51-30(43)12-6-2)52-53(47)23-27(33(45)39-17-19-40(20-18-39)34(46)49-7-3)37-32(44)26-21-28(41-16-15-25(22-41)48-4)38-31(36-26)24-13-9-8-10-14-24/h8-10,13-14,21,25,27,35,53H,5-7,11-12,15-20,22-23H2,1-4H3,(H,37,44). The van der Waals surface area contributed by atoms with Gasteiger partial charge in [-0.05, 0) is 26.2 Å². The Bertz CT molecular complexity index is 1570. The molecular weight excluding hydrogens is 711 g/mol. The van der Waals surface area contributed by atoms with Crippen molar-refractivity contribution < 1.29 is 52.0 Å². The van der Waals surface area contributed by atoms with Gasteiger partial charge in [-0.3, -0.25) is 28.3 Å². The maximum atomic E-state index is 14.0. The van der Waals surface area contributed by atoms with E-state index in [1.807, 2.05) is 35.2 Å². The second-order valence-corrected chi connectivity index (χ2v) is 13.8. The Labute approximate surface area is 309 Å². The maximum Gasteiger partial charge on any atom is 0.409 e. The van der Waals surface area contributed by atoms with Gasteiger partial charge >= 0.3 is 24.5 Å². The zero-order valence-electron chi connectivity index (χ0n) is 30.6. The zero-order valence-corrected chi connectivity index (χ0v) is 31.6. The number of nitrogens with zero attached hydrogens (tertiary/aromatic N) is 5. The van der Waals surface area contributed by atoms with E-state index in [1.165, 1.54) is 15.9 Å². The zero-order chi connectivity index (χ0) is 38.3. The van der Waals surface area contributed by atoms with Crippen molar-refractivity contribution in [3.63, 3.8) is 0 Å². The summed E-state index contributed by atoms with van der Waals surface area (Å²) in [6.07, 6.45) is 0.581. The fourth-order valence-electron chi connectivity index (χ4n) is 5.67. The van der Waals surface area contributed by atoms with Crippen LogP contribution in [0.2, 0.25) is 0 Å². The molecule has 4 rings (SSSR count). The molecule has 0 radical (unpaired) electrons. The number of hydrogen-bond acceptors (Lipinski definition) is 14. The number of amides is 3. The smallest absolute Gasteiger partial charge is 0.409 e. The van der Waals surface area contributed by atoms with Crippen molar-refractivity contribution in [2.45, 2.75) is 71.5 Å². The SMILES string of the molecule is CCCC(=O)OC(OC(=O)CCC)O[PH](=O)CC(NC(=O)c1cc(N2CCC(OC)C2)nc(-c2ccccc2)n1)C(=O)N1CCN(C(=O)OCC)CC1. The minimum absolute atomic E-state index is 0.00346. The van der Waals surface area contributed by atoms with Crippen molar-refractivity contribution in [1.29, 1.82) is 0 Å². The second-order valence-electron chi connectivity index (χ2n) is 12.4. The third kappa shape index (κ3) is 12.2. The van der Waals surface area contributed by atoms with E-state index in [0.29, 0.717) is 37.3 Å². The van der Waals surface area contributed by atoms with Gasteiger partial charge in [0.25, 0.3) is 5.91 Å². The van der Waals surface area contributed by atoms with Gasteiger partial charge in [-0.1, -0.05) is 44.2 Å². The van der Waals surface area contributed by atoms with Gasteiger partial charge in [-0.25, -0.2) is 14.8 Å². The average molecular weight is 761 g/mol. The van der Waals surface area contributed by atoms with E-state index in [1.54, 1.807) is 27.9 Å². The minimum atomic E-state index is -3.33. The summed E-state index contributed by atoms with van der Waals surface area (Å²) in [5.74, 6) is -2.03. The molecule has 2 saturated heterocycles. The number of anilines is 1.